The minimum Gasteiger partial charge on any atom is -0.507 e. The van der Waals surface area contributed by atoms with Gasteiger partial charge in [0, 0.05) is 138 Å². The first kappa shape index (κ1) is 80.7. The average molecular weight is 1730 g/mol. The number of aryl methyl sites for hydroxylation is 5. The van der Waals surface area contributed by atoms with Crippen LogP contribution in [-0.2, 0) is 0 Å². The summed E-state index contributed by atoms with van der Waals surface area (Å²) in [6, 6.07) is 31.3. The van der Waals surface area contributed by atoms with E-state index in [1.54, 1.807) is 54.6 Å². The smallest absolute Gasteiger partial charge is 0.193 e. The Morgan fingerprint density at radius 2 is 0.832 bits per heavy atom. The molecule has 3 fully saturated rings. The van der Waals surface area contributed by atoms with Crippen LogP contribution < -0.4 is 36.7 Å². The van der Waals surface area contributed by atoms with Crippen LogP contribution in [-0.4, -0.2) is 105 Å². The van der Waals surface area contributed by atoms with E-state index in [1.165, 1.54) is 139 Å². The van der Waals surface area contributed by atoms with Crippen molar-refractivity contribution in [2.45, 2.75) is 80.1 Å². The van der Waals surface area contributed by atoms with Crippen LogP contribution in [0.4, 0.5) is 11.4 Å². The lowest BCUT2D eigenvalue weighted by Crippen LogP contribution is -2.43. The zero-order chi connectivity index (χ0) is 76.1. The summed E-state index contributed by atoms with van der Waals surface area (Å²) in [5.41, 5.74) is 9.17. The molecule has 0 unspecified atom stereocenters. The van der Waals surface area contributed by atoms with Gasteiger partial charge in [0.15, 0.2) is 71.5 Å². The number of Topliss-reactive ketones (excluding diaryl/α,β-unsaturated/α-hetero) is 1. The highest BCUT2D eigenvalue weighted by Crippen LogP contribution is 2.32. The molecule has 4 N–H and O–H groups in total. The SMILES string of the molecule is C1CCNCC1.CC(=O)c1cc(Br)ccc1O.Cc1csc(-c2cc(=O)c3cc(Br)ccc3o2)n1.Cc1csc(-c2cc(=O)c3cc(N4CCCCC4)ccc3o2)n1.Cc1csc(-c2cc(=O)c3cc(N4CCNCC4)ccc3o2)n1.Cc1csc(/C=C/C(=O)c2cc(Br)ccc2O)n1.Cc1csc(C=O)n1. The number of fused-ring (bicyclic) bond motifs is 3. The van der Waals surface area contributed by atoms with E-state index in [2.05, 4.69) is 93.1 Å². The summed E-state index contributed by atoms with van der Waals surface area (Å²) in [6.45, 7) is 19.4. The molecular formula is C79H76Br3N9O11S5. The number of halogens is 3. The maximum atomic E-state index is 12.5. The number of nitrogens with zero attached hydrogens (tertiary/aromatic N) is 7. The number of piperazine rings is 1. The number of phenols is 2. The lowest BCUT2D eigenvalue weighted by Gasteiger charge is -2.29. The molecular weight excluding hydrogens is 1650 g/mol. The van der Waals surface area contributed by atoms with E-state index >= 15 is 0 Å². The molecule has 0 amide bonds. The quantitative estimate of drug-likeness (QED) is 0.0562. The van der Waals surface area contributed by atoms with Crippen molar-refractivity contribution in [2.24, 2.45) is 0 Å². The number of nitrogens with one attached hydrogen (secondary N) is 2. The zero-order valence-corrected chi connectivity index (χ0v) is 68.1. The number of thiazole rings is 5. The highest BCUT2D eigenvalue weighted by atomic mass is 79.9. The minimum atomic E-state index is -0.248. The number of hydrogen-bond donors (Lipinski definition) is 4. The Kier molecular flexibility index (Phi) is 29.7. The molecule has 0 radical (unpaired) electrons. The Hall–Kier alpha value is -8.81. The highest BCUT2D eigenvalue weighted by molar-refractivity contribution is 9.11. The lowest BCUT2D eigenvalue weighted by molar-refractivity contribution is 0.101. The molecule has 5 aromatic carbocycles. The summed E-state index contributed by atoms with van der Waals surface area (Å²) in [6.07, 6.45) is 11.8. The van der Waals surface area contributed by atoms with E-state index in [-0.39, 0.29) is 44.9 Å². The average Bonchev–Trinajstić information content (AvgIpc) is 1.65. The summed E-state index contributed by atoms with van der Waals surface area (Å²) in [7, 11) is 0. The number of phenolic OH excluding ortho intramolecular Hbond substituents is 2. The van der Waals surface area contributed by atoms with Crippen LogP contribution in [0.3, 0.4) is 0 Å². The van der Waals surface area contributed by atoms with Gasteiger partial charge in [-0.3, -0.25) is 28.8 Å². The molecule has 0 saturated carbocycles. The van der Waals surface area contributed by atoms with E-state index in [0.717, 1.165) is 119 Å². The molecule has 107 heavy (non-hydrogen) atoms. The molecule has 554 valence electrons. The van der Waals surface area contributed by atoms with Crippen molar-refractivity contribution in [1.82, 2.24) is 35.6 Å². The number of aromatic nitrogens is 5. The third-order valence-electron chi connectivity index (χ3n) is 16.3. The Morgan fingerprint density at radius 1 is 0.449 bits per heavy atom. The molecule has 20 nitrogen and oxygen atoms in total. The van der Waals surface area contributed by atoms with Gasteiger partial charge in [-0.25, -0.2) is 24.9 Å². The summed E-state index contributed by atoms with van der Waals surface area (Å²) in [5.74, 6) is 1.23. The number of ketones is 2. The molecule has 0 bridgehead atoms. The number of aromatic hydroxyl groups is 2. The van der Waals surface area contributed by atoms with Crippen LogP contribution in [0.1, 0.15) is 109 Å². The highest BCUT2D eigenvalue weighted by Gasteiger charge is 2.18. The maximum Gasteiger partial charge on any atom is 0.193 e. The summed E-state index contributed by atoms with van der Waals surface area (Å²) in [5, 5.41) is 40.4. The molecule has 16 rings (SSSR count). The monoisotopic (exact) mass is 1720 g/mol. The van der Waals surface area contributed by atoms with Gasteiger partial charge in [-0.15, -0.1) is 56.7 Å². The first-order valence-corrected chi connectivity index (χ1v) is 40.9. The fourth-order valence-corrected chi connectivity index (χ4v) is 15.6. The van der Waals surface area contributed by atoms with Crippen molar-refractivity contribution >= 4 is 173 Å². The van der Waals surface area contributed by atoms with Crippen LogP contribution in [0, 0.1) is 34.6 Å². The fourth-order valence-electron chi connectivity index (χ4n) is 11.0. The van der Waals surface area contributed by atoms with E-state index in [0.29, 0.717) is 60.8 Å². The molecule has 3 saturated heterocycles. The number of rotatable bonds is 10. The van der Waals surface area contributed by atoms with Gasteiger partial charge < -0.3 is 43.9 Å². The van der Waals surface area contributed by atoms with Crippen molar-refractivity contribution < 1.29 is 37.8 Å². The topological polar surface area (TPSA) is 277 Å². The van der Waals surface area contributed by atoms with E-state index < -0.39 is 0 Å². The van der Waals surface area contributed by atoms with Gasteiger partial charge in [0.2, 0.25) is 0 Å². The number of benzene rings is 5. The van der Waals surface area contributed by atoms with Crippen molar-refractivity contribution in [3.8, 4) is 43.8 Å². The predicted molar refractivity (Wildman–Crippen MR) is 445 cm³/mol. The molecule has 0 atom stereocenters. The standard InChI is InChI=1S/C18H18N2O2S.C17H17N3O2S.C13H8BrNO2S.C13H10BrNO2S.C8H7BrO2.C5H5NOS.C5H11N/c1-12-11-23-18(19-12)17-10-15(21)14-9-13(5-6-16(14)22-17)20-7-3-2-4-8-20;1-11-10-23-17(19-11)16-9-14(21)13-8-12(2-3-15(13)22-16)20-6-4-18-5-7-20;1-7-6-18-13(15-7)12-5-10(16)9-4-8(14)2-3-11(9)17-12;1-8-7-18-13(15-8)5-4-12(17)10-6-9(14)2-3-11(10)16;1-5(10)7-4-6(9)2-3-8(7)11;1-4-3-8-5(2-7)6-4;1-2-4-6-5-3-1/h5-6,9-11H,2-4,7-8H2,1H3;2-3,8-10,18H,4-7H2,1H3;2-6H,1H3;2-7,16H,1H3;2-4,11H,1H3;2-3H,1H3;6H,1-5H2/b;;;5-4+;;;. The number of carbonyl (C=O) groups excluding carboxylic acids is 3. The third kappa shape index (κ3) is 23.4. The van der Waals surface area contributed by atoms with E-state index in [1.807, 2.05) is 104 Å². The van der Waals surface area contributed by atoms with Crippen LogP contribution in [0.5, 0.6) is 11.5 Å². The van der Waals surface area contributed by atoms with E-state index in [9.17, 15) is 33.9 Å². The fraction of sp³-hybridized carbons (Fsp3) is 0.253. The number of piperidine rings is 2. The van der Waals surface area contributed by atoms with E-state index in [4.69, 9.17) is 18.4 Å². The van der Waals surface area contributed by atoms with Gasteiger partial charge in [-0.05, 0) is 190 Å². The second-order valence-electron chi connectivity index (χ2n) is 24.8. The molecule has 8 aromatic heterocycles. The summed E-state index contributed by atoms with van der Waals surface area (Å²) in [4.78, 5) is 95.6. The number of anilines is 2. The van der Waals surface area contributed by atoms with Gasteiger partial charge in [0.05, 0.1) is 27.3 Å². The second kappa shape index (κ2) is 39.3. The van der Waals surface area contributed by atoms with Gasteiger partial charge in [-0.1, -0.05) is 54.2 Å². The zero-order valence-electron chi connectivity index (χ0n) is 59.3. The van der Waals surface area contributed by atoms with Crippen LogP contribution >= 0.6 is 104 Å². The van der Waals surface area contributed by atoms with Crippen molar-refractivity contribution in [1.29, 1.82) is 0 Å². The van der Waals surface area contributed by atoms with Crippen molar-refractivity contribution in [3.05, 3.63) is 236 Å². The van der Waals surface area contributed by atoms with Gasteiger partial charge in [-0.2, -0.15) is 0 Å². The first-order chi connectivity index (χ1) is 51.5. The van der Waals surface area contributed by atoms with Gasteiger partial charge >= 0.3 is 0 Å². The molecule has 11 heterocycles. The largest absolute Gasteiger partial charge is 0.507 e. The van der Waals surface area contributed by atoms with Crippen molar-refractivity contribution in [3.63, 3.8) is 0 Å². The predicted octanol–water partition coefficient (Wildman–Crippen LogP) is 19.0. The van der Waals surface area contributed by atoms with Crippen molar-refractivity contribution in [2.75, 3.05) is 62.2 Å². The number of hydrogen-bond acceptors (Lipinski definition) is 25. The van der Waals surface area contributed by atoms with Crippen LogP contribution in [0.15, 0.2) is 183 Å². The minimum absolute atomic E-state index is 0.00652. The molecule has 28 heteroatoms. The third-order valence-corrected chi connectivity index (χ3v) is 22.5. The Balaban J connectivity index is 0.000000138. The Bertz CT molecular complexity index is 5290. The maximum absolute atomic E-state index is 12.5. The summed E-state index contributed by atoms with van der Waals surface area (Å²) >= 11 is 17.1. The number of aldehydes is 1. The molecule has 0 aliphatic carbocycles. The number of allylic oxidation sites excluding steroid dienone is 1. The van der Waals surface area contributed by atoms with Gasteiger partial charge in [0.1, 0.15) is 33.3 Å². The normalized spacial score (nSPS) is 13.3. The molecule has 3 aliphatic rings. The van der Waals surface area contributed by atoms with Crippen LogP contribution in [0.25, 0.3) is 71.3 Å². The number of carbonyl (C=O) groups is 3. The summed E-state index contributed by atoms with van der Waals surface area (Å²) < 4.78 is 19.9. The Labute approximate surface area is 662 Å². The second-order valence-corrected chi connectivity index (χ2v) is 31.9. The van der Waals surface area contributed by atoms with Crippen LogP contribution in [0.2, 0.25) is 0 Å². The first-order valence-electron chi connectivity index (χ1n) is 34.1. The Morgan fingerprint density at radius 3 is 1.22 bits per heavy atom. The molecule has 13 aromatic rings. The lowest BCUT2D eigenvalue weighted by atomic mass is 10.1. The molecule has 3 aliphatic heterocycles. The molecule has 0 spiro atoms. The van der Waals surface area contributed by atoms with Gasteiger partial charge in [0.25, 0.3) is 0 Å².